The van der Waals surface area contributed by atoms with Crippen molar-refractivity contribution in [3.05, 3.63) is 6.92 Å². The van der Waals surface area contributed by atoms with Crippen LogP contribution in [0.4, 0.5) is 0 Å². The van der Waals surface area contributed by atoms with Crippen LogP contribution in [0.25, 0.3) is 0 Å². The van der Waals surface area contributed by atoms with Crippen LogP contribution in [0.1, 0.15) is 13.3 Å². The molecule has 1 unspecified atom stereocenters. The fourth-order valence-corrected chi connectivity index (χ4v) is 0. The van der Waals surface area contributed by atoms with Gasteiger partial charge in [0.15, 0.2) is 0 Å². The Balaban J connectivity index is 2.54. The average molecular weight is 72.1 g/mol. The van der Waals surface area contributed by atoms with Gasteiger partial charge in [0, 0.05) is 0 Å². The van der Waals surface area contributed by atoms with Gasteiger partial charge in [0.05, 0.1) is 6.10 Å². The molecule has 0 aliphatic rings. The van der Waals surface area contributed by atoms with E-state index in [9.17, 15) is 5.11 Å². The minimum absolute atomic E-state index is 0.477. The predicted molar refractivity (Wildman–Crippen MR) is 20.1 cm³/mol. The number of hydrogen-bond donors (Lipinski definition) is 0. The Morgan fingerprint density at radius 3 is 2.20 bits per heavy atom. The first kappa shape index (κ1) is 4.96. The highest BCUT2D eigenvalue weighted by molar-refractivity contribution is 4.43. The van der Waals surface area contributed by atoms with Gasteiger partial charge in [-0.2, -0.15) is 0 Å². The van der Waals surface area contributed by atoms with Gasteiger partial charge in [-0.3, -0.25) is 0 Å². The number of hydrogen-bond acceptors (Lipinski definition) is 0. The van der Waals surface area contributed by atoms with E-state index in [0.717, 1.165) is 0 Å². The molecule has 0 aromatic heterocycles. The first-order chi connectivity index (χ1) is 2.27. The first-order valence-electron chi connectivity index (χ1n) is 1.72. The van der Waals surface area contributed by atoms with E-state index in [0.29, 0.717) is 6.42 Å². The summed E-state index contributed by atoms with van der Waals surface area (Å²) in [6.07, 6.45) is 0.0231. The van der Waals surface area contributed by atoms with E-state index >= 15 is 0 Å². The molecule has 0 rings (SSSR count). The Morgan fingerprint density at radius 1 is 2.00 bits per heavy atom. The van der Waals surface area contributed by atoms with E-state index in [4.69, 9.17) is 0 Å². The SMILES string of the molecule is [CH2]CC(C)[O]. The largest absolute Gasteiger partial charge is 0.233 e. The van der Waals surface area contributed by atoms with Gasteiger partial charge in [-0.05, 0) is 13.3 Å². The molecule has 1 nitrogen and oxygen atoms in total. The van der Waals surface area contributed by atoms with Crippen LogP contribution in [-0.2, 0) is 5.11 Å². The molecule has 0 saturated heterocycles. The normalized spacial score (nSPS) is 15.0. The average Bonchev–Trinajstić information content (AvgIpc) is 1.38. The van der Waals surface area contributed by atoms with Crippen LogP contribution in [0, 0.1) is 6.92 Å². The van der Waals surface area contributed by atoms with E-state index < -0.39 is 6.10 Å². The van der Waals surface area contributed by atoms with Gasteiger partial charge in [0.2, 0.25) is 0 Å². The lowest BCUT2D eigenvalue weighted by Gasteiger charge is -1.86. The second-order valence-electron chi connectivity index (χ2n) is 1.10. The highest BCUT2D eigenvalue weighted by Crippen LogP contribution is 1.82. The van der Waals surface area contributed by atoms with E-state index in [1.54, 1.807) is 6.92 Å². The van der Waals surface area contributed by atoms with Gasteiger partial charge < -0.3 is 0 Å². The maximum absolute atomic E-state index is 9.83. The van der Waals surface area contributed by atoms with Crippen LogP contribution in [0.15, 0.2) is 0 Å². The predicted octanol–water partition coefficient (Wildman–Crippen LogP) is 1.03. The summed E-state index contributed by atoms with van der Waals surface area (Å²) >= 11 is 0. The monoisotopic (exact) mass is 72.1 g/mol. The van der Waals surface area contributed by atoms with Crippen LogP contribution in [0.2, 0.25) is 0 Å². The molecule has 0 spiro atoms. The second-order valence-corrected chi connectivity index (χ2v) is 1.10. The Morgan fingerprint density at radius 2 is 2.20 bits per heavy atom. The van der Waals surface area contributed by atoms with Crippen molar-refractivity contribution in [2.45, 2.75) is 19.4 Å². The summed E-state index contributed by atoms with van der Waals surface area (Å²) in [4.78, 5) is 0. The smallest absolute Gasteiger partial charge is 0.0902 e. The fourth-order valence-electron chi connectivity index (χ4n) is 0. The van der Waals surface area contributed by atoms with Crippen molar-refractivity contribution in [3.8, 4) is 0 Å². The Bertz CT molecular complexity index is 17.6. The van der Waals surface area contributed by atoms with E-state index in [1.807, 2.05) is 0 Å². The van der Waals surface area contributed by atoms with Crippen molar-refractivity contribution >= 4 is 0 Å². The van der Waals surface area contributed by atoms with Crippen molar-refractivity contribution in [2.75, 3.05) is 0 Å². The third-order valence-electron chi connectivity index (χ3n) is 0.407. The molecule has 0 fully saturated rings. The molecular weight excluding hydrogens is 64.0 g/mol. The van der Waals surface area contributed by atoms with Gasteiger partial charge in [0.25, 0.3) is 0 Å². The topological polar surface area (TPSA) is 19.9 Å². The summed E-state index contributed by atoms with van der Waals surface area (Å²) in [5.74, 6) is 0. The zero-order chi connectivity index (χ0) is 4.28. The molecule has 0 aromatic rings. The van der Waals surface area contributed by atoms with Gasteiger partial charge in [-0.25, -0.2) is 5.11 Å². The molecule has 30 valence electrons. The molecule has 0 amide bonds. The van der Waals surface area contributed by atoms with Crippen molar-refractivity contribution in [3.63, 3.8) is 0 Å². The zero-order valence-corrected chi connectivity index (χ0v) is 3.40. The Kier molecular flexibility index (Phi) is 2.19. The standard InChI is InChI=1S/C4H8O/c1-3-4(2)5/h4H,1,3H2,2H3. The van der Waals surface area contributed by atoms with E-state index in [2.05, 4.69) is 6.92 Å². The molecule has 5 heavy (non-hydrogen) atoms. The van der Waals surface area contributed by atoms with Crippen molar-refractivity contribution in [2.24, 2.45) is 0 Å². The molecule has 1 heteroatoms. The Hall–Kier alpha value is -0.0400. The number of rotatable bonds is 1. The van der Waals surface area contributed by atoms with Gasteiger partial charge in [-0.15, -0.1) is 0 Å². The van der Waals surface area contributed by atoms with Crippen LogP contribution in [0.5, 0.6) is 0 Å². The van der Waals surface area contributed by atoms with E-state index in [1.165, 1.54) is 0 Å². The highest BCUT2D eigenvalue weighted by atomic mass is 16.3. The molecule has 0 heterocycles. The maximum atomic E-state index is 9.83. The minimum Gasteiger partial charge on any atom is -0.233 e. The quantitative estimate of drug-likeness (QED) is 0.441. The summed E-state index contributed by atoms with van der Waals surface area (Å²) in [6, 6.07) is 0. The summed E-state index contributed by atoms with van der Waals surface area (Å²) in [6.45, 7) is 4.98. The molecule has 0 bridgehead atoms. The van der Waals surface area contributed by atoms with Gasteiger partial charge in [-0.1, -0.05) is 6.92 Å². The summed E-state index contributed by atoms with van der Waals surface area (Å²) in [5.41, 5.74) is 0. The molecule has 0 aromatic carbocycles. The van der Waals surface area contributed by atoms with Crippen LogP contribution in [-0.4, -0.2) is 6.10 Å². The van der Waals surface area contributed by atoms with Gasteiger partial charge >= 0.3 is 0 Å². The summed E-state index contributed by atoms with van der Waals surface area (Å²) in [5, 5.41) is 9.83. The molecule has 0 saturated carbocycles. The lowest BCUT2D eigenvalue weighted by molar-refractivity contribution is 0.108. The molecule has 0 aliphatic carbocycles. The molecule has 0 N–H and O–H groups in total. The van der Waals surface area contributed by atoms with Crippen molar-refractivity contribution in [1.29, 1.82) is 0 Å². The zero-order valence-electron chi connectivity index (χ0n) is 3.40. The highest BCUT2D eigenvalue weighted by Gasteiger charge is 1.85. The Labute approximate surface area is 32.6 Å². The van der Waals surface area contributed by atoms with Gasteiger partial charge in [0.1, 0.15) is 0 Å². The fraction of sp³-hybridized carbons (Fsp3) is 0.750. The van der Waals surface area contributed by atoms with E-state index in [-0.39, 0.29) is 0 Å². The lowest BCUT2D eigenvalue weighted by Crippen LogP contribution is -1.90. The minimum atomic E-state index is -0.477. The third kappa shape index (κ3) is 3.96. The molecule has 0 aliphatic heterocycles. The van der Waals surface area contributed by atoms with Crippen LogP contribution in [0.3, 0.4) is 0 Å². The first-order valence-corrected chi connectivity index (χ1v) is 1.72. The van der Waals surface area contributed by atoms with Crippen molar-refractivity contribution in [1.82, 2.24) is 0 Å². The maximum Gasteiger partial charge on any atom is 0.0902 e. The third-order valence-corrected chi connectivity index (χ3v) is 0.407. The van der Waals surface area contributed by atoms with Crippen LogP contribution < -0.4 is 0 Å². The summed E-state index contributed by atoms with van der Waals surface area (Å²) < 4.78 is 0. The molecule has 1 atom stereocenters. The van der Waals surface area contributed by atoms with Crippen molar-refractivity contribution < 1.29 is 5.11 Å². The molecule has 2 radical (unpaired) electrons. The molecular formula is C4H8O. The lowest BCUT2D eigenvalue weighted by atomic mass is 10.3. The second kappa shape index (κ2) is 2.21. The summed E-state index contributed by atoms with van der Waals surface area (Å²) in [7, 11) is 0. The van der Waals surface area contributed by atoms with Crippen LogP contribution >= 0.6 is 0 Å².